The molecule has 2 N–H and O–H groups in total. The summed E-state index contributed by atoms with van der Waals surface area (Å²) < 4.78 is 10.7. The summed E-state index contributed by atoms with van der Waals surface area (Å²) in [5.41, 5.74) is 0.309. The second-order valence-corrected chi connectivity index (χ2v) is 8.62. The summed E-state index contributed by atoms with van der Waals surface area (Å²) in [6, 6.07) is 0. The van der Waals surface area contributed by atoms with E-state index in [1.165, 1.54) is 0 Å². The van der Waals surface area contributed by atoms with Crippen molar-refractivity contribution in [1.29, 1.82) is 0 Å². The Morgan fingerprint density at radius 2 is 1.62 bits per heavy atom. The Hall–Kier alpha value is -0.910. The summed E-state index contributed by atoms with van der Waals surface area (Å²) in [5, 5.41) is 19.6. The van der Waals surface area contributed by atoms with Crippen LogP contribution in [-0.4, -0.2) is 47.7 Å². The summed E-state index contributed by atoms with van der Waals surface area (Å²) in [5.74, 6) is 0.873. The van der Waals surface area contributed by atoms with Crippen LogP contribution in [0.15, 0.2) is 12.7 Å². The average molecular weight is 369 g/mol. The normalized spacial score (nSPS) is 31.2. The van der Waals surface area contributed by atoms with E-state index in [1.807, 2.05) is 0 Å². The molecule has 2 saturated carbocycles. The minimum atomic E-state index is -0.790. The zero-order valence-electron chi connectivity index (χ0n) is 16.4. The summed E-state index contributed by atoms with van der Waals surface area (Å²) in [4.78, 5) is 11.0. The second kappa shape index (κ2) is 9.86. The predicted octanol–water partition coefficient (Wildman–Crippen LogP) is 3.23. The van der Waals surface area contributed by atoms with Gasteiger partial charge in [-0.05, 0) is 68.6 Å². The van der Waals surface area contributed by atoms with Gasteiger partial charge in [-0.3, -0.25) is 0 Å². The van der Waals surface area contributed by atoms with Gasteiger partial charge in [-0.25, -0.2) is 4.79 Å². The number of hydrogen-bond acceptors (Lipinski definition) is 5. The molecule has 1 unspecified atom stereocenters. The van der Waals surface area contributed by atoms with Crippen molar-refractivity contribution in [2.24, 2.45) is 17.3 Å². The number of rotatable bonds is 8. The minimum Gasteiger partial charge on any atom is -0.460 e. The van der Waals surface area contributed by atoms with Crippen molar-refractivity contribution in [3.05, 3.63) is 12.7 Å². The molecule has 0 spiro atoms. The maximum Gasteiger partial charge on any atom is 0.330 e. The third kappa shape index (κ3) is 6.07. The Morgan fingerprint density at radius 3 is 2.15 bits per heavy atom. The Morgan fingerprint density at radius 1 is 1.08 bits per heavy atom. The van der Waals surface area contributed by atoms with E-state index in [0.717, 1.165) is 57.4 Å². The van der Waals surface area contributed by atoms with Crippen molar-refractivity contribution in [2.75, 3.05) is 13.2 Å². The number of ether oxygens (including phenoxy) is 2. The van der Waals surface area contributed by atoms with Crippen molar-refractivity contribution in [1.82, 2.24) is 0 Å². The average Bonchev–Trinajstić information content (AvgIpc) is 2.65. The highest BCUT2D eigenvalue weighted by molar-refractivity contribution is 5.81. The third-order valence-electron chi connectivity index (χ3n) is 6.58. The molecule has 5 heteroatoms. The summed E-state index contributed by atoms with van der Waals surface area (Å²) in [6.07, 6.45) is 8.89. The van der Waals surface area contributed by atoms with Crippen LogP contribution < -0.4 is 0 Å². The molecule has 5 nitrogen and oxygen atoms in total. The lowest BCUT2D eigenvalue weighted by molar-refractivity contribution is -0.142. The lowest BCUT2D eigenvalue weighted by Gasteiger charge is -2.46. The fourth-order valence-corrected chi connectivity index (χ4v) is 4.66. The molecule has 0 saturated heterocycles. The first-order valence-corrected chi connectivity index (χ1v) is 10.1. The van der Waals surface area contributed by atoms with E-state index in [9.17, 15) is 15.0 Å². The van der Waals surface area contributed by atoms with Crippen LogP contribution in [0, 0.1) is 17.3 Å². The van der Waals surface area contributed by atoms with Gasteiger partial charge in [0.25, 0.3) is 0 Å². The number of hydrogen-bond donors (Lipinski definition) is 2. The first-order chi connectivity index (χ1) is 12.3. The summed E-state index contributed by atoms with van der Waals surface area (Å²) in [6.45, 7) is 8.27. The van der Waals surface area contributed by atoms with E-state index in [2.05, 4.69) is 20.4 Å². The topological polar surface area (TPSA) is 76.0 Å². The molecule has 0 aromatic carbocycles. The molecule has 0 aromatic heterocycles. The molecule has 0 aromatic rings. The number of carbonyl (C=O) groups excluding carboxylic acids is 1. The standard InChI is InChI=1S/C21H36O5/c1-4-20(24)26-14-18(23)13-25-19-11-7-16(8-12-19)21(2,3)15-5-9-17(22)10-6-15/h4,15-19,22-23H,1,5-14H2,2-3H3. The van der Waals surface area contributed by atoms with E-state index in [1.54, 1.807) is 0 Å². The lowest BCUT2D eigenvalue weighted by atomic mass is 9.60. The molecule has 26 heavy (non-hydrogen) atoms. The van der Waals surface area contributed by atoms with E-state index < -0.39 is 12.1 Å². The number of carbonyl (C=O) groups is 1. The van der Waals surface area contributed by atoms with Gasteiger partial charge in [0.2, 0.25) is 0 Å². The van der Waals surface area contributed by atoms with Crippen LogP contribution >= 0.6 is 0 Å². The molecule has 0 aliphatic heterocycles. The predicted molar refractivity (Wildman–Crippen MR) is 101 cm³/mol. The molecule has 0 amide bonds. The van der Waals surface area contributed by atoms with Crippen LogP contribution in [0.5, 0.6) is 0 Å². The highest BCUT2D eigenvalue weighted by Crippen LogP contribution is 2.48. The zero-order valence-corrected chi connectivity index (χ0v) is 16.4. The molecule has 1 atom stereocenters. The van der Waals surface area contributed by atoms with Gasteiger partial charge in [0, 0.05) is 6.08 Å². The van der Waals surface area contributed by atoms with Gasteiger partial charge in [-0.15, -0.1) is 0 Å². The Bertz CT molecular complexity index is 445. The van der Waals surface area contributed by atoms with Crippen LogP contribution in [0.4, 0.5) is 0 Å². The monoisotopic (exact) mass is 368 g/mol. The Labute approximate surface area is 157 Å². The maximum atomic E-state index is 11.0. The molecule has 2 aliphatic rings. The van der Waals surface area contributed by atoms with Crippen LogP contribution in [0.25, 0.3) is 0 Å². The number of esters is 1. The van der Waals surface area contributed by atoms with Crippen molar-refractivity contribution in [3.8, 4) is 0 Å². The first-order valence-electron chi connectivity index (χ1n) is 10.1. The number of aliphatic hydroxyl groups excluding tert-OH is 2. The Kier molecular flexibility index (Phi) is 8.11. The highest BCUT2D eigenvalue weighted by atomic mass is 16.5. The van der Waals surface area contributed by atoms with Gasteiger partial charge in [0.1, 0.15) is 12.7 Å². The molecule has 0 radical (unpaired) electrons. The van der Waals surface area contributed by atoms with Gasteiger partial charge >= 0.3 is 5.97 Å². The number of aliphatic hydroxyl groups is 2. The van der Waals surface area contributed by atoms with Crippen LogP contribution in [0.3, 0.4) is 0 Å². The molecule has 2 aliphatic carbocycles. The first kappa shape index (κ1) is 21.4. The SMILES string of the molecule is C=CC(=O)OCC(O)COC1CCC(C(C)(C)C2CCC(O)CC2)CC1. The smallest absolute Gasteiger partial charge is 0.330 e. The van der Waals surface area contributed by atoms with Crippen LogP contribution in [-0.2, 0) is 14.3 Å². The van der Waals surface area contributed by atoms with Gasteiger partial charge < -0.3 is 19.7 Å². The minimum absolute atomic E-state index is 0.0548. The van der Waals surface area contributed by atoms with Gasteiger partial charge in [0.15, 0.2) is 0 Å². The van der Waals surface area contributed by atoms with Crippen molar-refractivity contribution in [3.63, 3.8) is 0 Å². The molecule has 2 fully saturated rings. The van der Waals surface area contributed by atoms with E-state index in [4.69, 9.17) is 9.47 Å². The van der Waals surface area contributed by atoms with E-state index >= 15 is 0 Å². The van der Waals surface area contributed by atoms with Crippen molar-refractivity contribution < 1.29 is 24.5 Å². The molecule has 0 heterocycles. The van der Waals surface area contributed by atoms with Gasteiger partial charge in [-0.2, -0.15) is 0 Å². The third-order valence-corrected chi connectivity index (χ3v) is 6.58. The van der Waals surface area contributed by atoms with Crippen molar-refractivity contribution >= 4 is 5.97 Å². The molecular weight excluding hydrogens is 332 g/mol. The van der Waals surface area contributed by atoms with E-state index in [0.29, 0.717) is 17.3 Å². The maximum absolute atomic E-state index is 11.0. The highest BCUT2D eigenvalue weighted by Gasteiger charge is 2.40. The molecule has 2 rings (SSSR count). The molecule has 0 bridgehead atoms. The van der Waals surface area contributed by atoms with Gasteiger partial charge in [-0.1, -0.05) is 20.4 Å². The fourth-order valence-electron chi connectivity index (χ4n) is 4.66. The Balaban J connectivity index is 1.69. The van der Waals surface area contributed by atoms with Crippen LogP contribution in [0.1, 0.15) is 65.2 Å². The zero-order chi connectivity index (χ0) is 19.2. The fraction of sp³-hybridized carbons (Fsp3) is 0.857. The second-order valence-electron chi connectivity index (χ2n) is 8.62. The molecule has 150 valence electrons. The van der Waals surface area contributed by atoms with Crippen LogP contribution in [0.2, 0.25) is 0 Å². The van der Waals surface area contributed by atoms with E-state index in [-0.39, 0.29) is 25.4 Å². The lowest BCUT2D eigenvalue weighted by Crippen LogP contribution is -2.39. The molecular formula is C21H36O5. The summed E-state index contributed by atoms with van der Waals surface area (Å²) in [7, 11) is 0. The largest absolute Gasteiger partial charge is 0.460 e. The van der Waals surface area contributed by atoms with Gasteiger partial charge in [0.05, 0.1) is 18.8 Å². The quantitative estimate of drug-likeness (QED) is 0.508. The van der Waals surface area contributed by atoms with Crippen molar-refractivity contribution in [2.45, 2.75) is 83.5 Å². The summed E-state index contributed by atoms with van der Waals surface area (Å²) >= 11 is 0.